The standard InChI is InChI=1S/C14H20N2O3/c1-9-13(8-15-2)19-12-7-10(14(17)18-4)5-6-11(12)16(9)3/h5-7,9,13,15H,8H2,1-4H3. The molecule has 2 unspecified atom stereocenters. The second-order valence-corrected chi connectivity index (χ2v) is 4.74. The number of anilines is 1. The fourth-order valence-corrected chi connectivity index (χ4v) is 2.29. The number of nitrogens with one attached hydrogen (secondary N) is 1. The lowest BCUT2D eigenvalue weighted by molar-refractivity contribution is 0.0599. The van der Waals surface area contributed by atoms with E-state index in [4.69, 9.17) is 9.47 Å². The quantitative estimate of drug-likeness (QED) is 0.833. The van der Waals surface area contributed by atoms with E-state index in [1.807, 2.05) is 20.2 Å². The summed E-state index contributed by atoms with van der Waals surface area (Å²) in [6.45, 7) is 2.88. The van der Waals surface area contributed by atoms with E-state index in [0.29, 0.717) is 5.56 Å². The van der Waals surface area contributed by atoms with Crippen LogP contribution in [0.1, 0.15) is 17.3 Å². The van der Waals surface area contributed by atoms with Crippen molar-refractivity contribution >= 4 is 11.7 Å². The van der Waals surface area contributed by atoms with Crippen LogP contribution in [0.5, 0.6) is 5.75 Å². The average Bonchev–Trinajstić information content (AvgIpc) is 2.43. The highest BCUT2D eigenvalue weighted by Crippen LogP contribution is 2.36. The Bertz CT molecular complexity index is 476. The maximum atomic E-state index is 11.5. The molecule has 2 rings (SSSR count). The average molecular weight is 264 g/mol. The number of likely N-dealkylation sites (N-methyl/N-ethyl adjacent to an activating group) is 2. The number of hydrogen-bond acceptors (Lipinski definition) is 5. The van der Waals surface area contributed by atoms with Crippen LogP contribution in [0.4, 0.5) is 5.69 Å². The van der Waals surface area contributed by atoms with Crippen molar-refractivity contribution in [1.29, 1.82) is 0 Å². The minimum absolute atomic E-state index is 0.0513. The van der Waals surface area contributed by atoms with Crippen molar-refractivity contribution in [3.8, 4) is 5.75 Å². The van der Waals surface area contributed by atoms with Gasteiger partial charge < -0.3 is 19.7 Å². The Balaban J connectivity index is 2.34. The molecule has 0 bridgehead atoms. The van der Waals surface area contributed by atoms with Gasteiger partial charge in [0.1, 0.15) is 11.9 Å². The minimum Gasteiger partial charge on any atom is -0.485 e. The molecule has 0 saturated heterocycles. The van der Waals surface area contributed by atoms with Crippen molar-refractivity contribution < 1.29 is 14.3 Å². The van der Waals surface area contributed by atoms with Crippen molar-refractivity contribution in [2.45, 2.75) is 19.1 Å². The first-order chi connectivity index (χ1) is 9.08. The molecule has 0 aromatic heterocycles. The SMILES string of the molecule is CNCC1Oc2cc(C(=O)OC)ccc2N(C)C1C. The van der Waals surface area contributed by atoms with Crippen molar-refractivity contribution in [1.82, 2.24) is 5.32 Å². The van der Waals surface area contributed by atoms with Crippen LogP contribution in [-0.4, -0.2) is 45.9 Å². The largest absolute Gasteiger partial charge is 0.485 e. The first-order valence-electron chi connectivity index (χ1n) is 6.35. The number of fused-ring (bicyclic) bond motifs is 1. The van der Waals surface area contributed by atoms with Crippen LogP contribution in [0.15, 0.2) is 18.2 Å². The molecule has 104 valence electrons. The van der Waals surface area contributed by atoms with Crippen LogP contribution in [0.3, 0.4) is 0 Å². The monoisotopic (exact) mass is 264 g/mol. The van der Waals surface area contributed by atoms with Gasteiger partial charge in [0.15, 0.2) is 0 Å². The normalized spacial score (nSPS) is 21.6. The minimum atomic E-state index is -0.349. The Kier molecular flexibility index (Phi) is 3.95. The molecule has 1 aromatic rings. The molecule has 1 aliphatic heterocycles. The van der Waals surface area contributed by atoms with Crippen LogP contribution in [0.25, 0.3) is 0 Å². The maximum Gasteiger partial charge on any atom is 0.337 e. The summed E-state index contributed by atoms with van der Waals surface area (Å²) in [5, 5.41) is 3.12. The Labute approximate surface area is 113 Å². The van der Waals surface area contributed by atoms with Crippen molar-refractivity contribution in [3.63, 3.8) is 0 Å². The summed E-state index contributed by atoms with van der Waals surface area (Å²) in [5.74, 6) is 0.376. The molecule has 0 amide bonds. The molecule has 0 saturated carbocycles. The molecular formula is C14H20N2O3. The Morgan fingerprint density at radius 3 is 2.89 bits per heavy atom. The Morgan fingerprint density at radius 1 is 1.53 bits per heavy atom. The number of carbonyl (C=O) groups excluding carboxylic acids is 1. The number of rotatable bonds is 3. The van der Waals surface area contributed by atoms with Crippen molar-refractivity contribution in [2.24, 2.45) is 0 Å². The van der Waals surface area contributed by atoms with Crippen LogP contribution in [0.2, 0.25) is 0 Å². The zero-order valence-corrected chi connectivity index (χ0v) is 11.8. The number of benzene rings is 1. The highest BCUT2D eigenvalue weighted by molar-refractivity contribution is 5.90. The lowest BCUT2D eigenvalue weighted by atomic mass is 10.1. The topological polar surface area (TPSA) is 50.8 Å². The zero-order chi connectivity index (χ0) is 14.0. The third kappa shape index (κ3) is 2.51. The summed E-state index contributed by atoms with van der Waals surface area (Å²) in [6.07, 6.45) is 0.0513. The fraction of sp³-hybridized carbons (Fsp3) is 0.500. The van der Waals surface area contributed by atoms with Gasteiger partial charge in [-0.05, 0) is 32.2 Å². The number of ether oxygens (including phenoxy) is 2. The highest BCUT2D eigenvalue weighted by Gasteiger charge is 2.30. The van der Waals surface area contributed by atoms with Gasteiger partial charge in [0.25, 0.3) is 0 Å². The molecule has 5 heteroatoms. The summed E-state index contributed by atoms with van der Waals surface area (Å²) in [6, 6.07) is 5.67. The number of carbonyl (C=O) groups is 1. The molecule has 1 heterocycles. The second kappa shape index (κ2) is 5.48. The van der Waals surface area contributed by atoms with E-state index < -0.39 is 0 Å². The zero-order valence-electron chi connectivity index (χ0n) is 11.8. The molecule has 2 atom stereocenters. The smallest absolute Gasteiger partial charge is 0.337 e. The van der Waals surface area contributed by atoms with Gasteiger partial charge >= 0.3 is 5.97 Å². The highest BCUT2D eigenvalue weighted by atomic mass is 16.5. The summed E-state index contributed by atoms with van der Waals surface area (Å²) < 4.78 is 10.7. The predicted octanol–water partition coefficient (Wildman–Crippen LogP) is 1.28. The summed E-state index contributed by atoms with van der Waals surface area (Å²) >= 11 is 0. The van der Waals surface area contributed by atoms with Crippen LogP contribution in [-0.2, 0) is 4.74 Å². The van der Waals surface area contributed by atoms with E-state index in [2.05, 4.69) is 17.1 Å². The predicted molar refractivity (Wildman–Crippen MR) is 74.0 cm³/mol. The van der Waals surface area contributed by atoms with E-state index in [1.165, 1.54) is 7.11 Å². The Hall–Kier alpha value is -1.75. The molecule has 1 aromatic carbocycles. The van der Waals surface area contributed by atoms with Gasteiger partial charge in [-0.1, -0.05) is 0 Å². The van der Waals surface area contributed by atoms with Gasteiger partial charge in [-0.25, -0.2) is 4.79 Å². The molecule has 0 spiro atoms. The van der Waals surface area contributed by atoms with Gasteiger partial charge in [-0.3, -0.25) is 0 Å². The number of hydrogen-bond donors (Lipinski definition) is 1. The maximum absolute atomic E-state index is 11.5. The third-order valence-corrected chi connectivity index (χ3v) is 3.59. The Morgan fingerprint density at radius 2 is 2.26 bits per heavy atom. The van der Waals surface area contributed by atoms with E-state index in [-0.39, 0.29) is 18.1 Å². The van der Waals surface area contributed by atoms with Gasteiger partial charge in [0.2, 0.25) is 0 Å². The first kappa shape index (κ1) is 13.7. The number of methoxy groups -OCH3 is 1. The van der Waals surface area contributed by atoms with Gasteiger partial charge in [-0.15, -0.1) is 0 Å². The summed E-state index contributed by atoms with van der Waals surface area (Å²) in [5.41, 5.74) is 1.50. The van der Waals surface area contributed by atoms with Crippen LogP contribution in [0, 0.1) is 0 Å². The van der Waals surface area contributed by atoms with Gasteiger partial charge in [0, 0.05) is 13.6 Å². The molecule has 1 N–H and O–H groups in total. The first-order valence-corrected chi connectivity index (χ1v) is 6.35. The summed E-state index contributed by atoms with van der Waals surface area (Å²) in [7, 11) is 5.31. The van der Waals surface area contributed by atoms with E-state index in [0.717, 1.165) is 18.0 Å². The fourth-order valence-electron chi connectivity index (χ4n) is 2.29. The van der Waals surface area contributed by atoms with E-state index in [1.54, 1.807) is 12.1 Å². The number of esters is 1. The van der Waals surface area contributed by atoms with Gasteiger partial charge in [0.05, 0.1) is 24.4 Å². The van der Waals surface area contributed by atoms with Crippen LogP contribution >= 0.6 is 0 Å². The third-order valence-electron chi connectivity index (χ3n) is 3.59. The molecule has 0 aliphatic carbocycles. The molecule has 5 nitrogen and oxygen atoms in total. The second-order valence-electron chi connectivity index (χ2n) is 4.74. The van der Waals surface area contributed by atoms with Crippen LogP contribution < -0.4 is 15.0 Å². The number of nitrogens with zero attached hydrogens (tertiary/aromatic N) is 1. The molecule has 0 fully saturated rings. The molecule has 19 heavy (non-hydrogen) atoms. The lowest BCUT2D eigenvalue weighted by Gasteiger charge is -2.39. The summed E-state index contributed by atoms with van der Waals surface area (Å²) in [4.78, 5) is 13.7. The van der Waals surface area contributed by atoms with Gasteiger partial charge in [-0.2, -0.15) is 0 Å². The van der Waals surface area contributed by atoms with E-state index >= 15 is 0 Å². The van der Waals surface area contributed by atoms with Crippen molar-refractivity contribution in [3.05, 3.63) is 23.8 Å². The molecule has 0 radical (unpaired) electrons. The lowest BCUT2D eigenvalue weighted by Crippen LogP contribution is -2.50. The van der Waals surface area contributed by atoms with Crippen molar-refractivity contribution in [2.75, 3.05) is 32.6 Å². The van der Waals surface area contributed by atoms with E-state index in [9.17, 15) is 4.79 Å². The molecular weight excluding hydrogens is 244 g/mol. The molecule has 1 aliphatic rings.